The molecule has 2 rings (SSSR count). The van der Waals surface area contributed by atoms with E-state index in [4.69, 9.17) is 16.3 Å². The Morgan fingerprint density at radius 3 is 2.81 bits per heavy atom. The molecule has 1 aromatic carbocycles. The summed E-state index contributed by atoms with van der Waals surface area (Å²) in [6.07, 6.45) is 1.23. The lowest BCUT2D eigenvalue weighted by molar-refractivity contribution is 0.335. The van der Waals surface area contributed by atoms with Crippen LogP contribution in [0.15, 0.2) is 22.7 Å². The maximum Gasteiger partial charge on any atom is 0.124 e. The average molecular weight is 304 g/mol. The molecule has 3 unspecified atom stereocenters. The molecule has 0 bridgehead atoms. The van der Waals surface area contributed by atoms with Crippen LogP contribution in [0.25, 0.3) is 0 Å². The molecule has 0 saturated heterocycles. The van der Waals surface area contributed by atoms with Gasteiger partial charge in [-0.25, -0.2) is 0 Å². The lowest BCUT2D eigenvalue weighted by Gasteiger charge is -2.15. The van der Waals surface area contributed by atoms with E-state index in [2.05, 4.69) is 28.9 Å². The molecule has 0 radical (unpaired) electrons. The van der Waals surface area contributed by atoms with Gasteiger partial charge in [0, 0.05) is 10.0 Å². The van der Waals surface area contributed by atoms with Crippen molar-refractivity contribution in [2.75, 3.05) is 6.61 Å². The Labute approximate surface area is 110 Å². The van der Waals surface area contributed by atoms with Gasteiger partial charge in [0.25, 0.3) is 0 Å². The number of alkyl halides is 1. The Morgan fingerprint density at radius 1 is 1.56 bits per heavy atom. The van der Waals surface area contributed by atoms with E-state index in [0.29, 0.717) is 12.5 Å². The largest absolute Gasteiger partial charge is 0.494 e. The van der Waals surface area contributed by atoms with Crippen molar-refractivity contribution >= 4 is 27.5 Å². The van der Waals surface area contributed by atoms with Crippen LogP contribution >= 0.6 is 27.5 Å². The first-order chi connectivity index (χ1) is 7.63. The third-order valence-electron chi connectivity index (χ3n) is 3.12. The van der Waals surface area contributed by atoms with Crippen LogP contribution in [-0.4, -0.2) is 6.61 Å². The number of halogens is 2. The second kappa shape index (κ2) is 4.97. The van der Waals surface area contributed by atoms with Gasteiger partial charge in [0.1, 0.15) is 5.75 Å². The molecular formula is C13H16BrClO. The molecule has 0 aromatic heterocycles. The fourth-order valence-corrected chi connectivity index (χ4v) is 2.91. The maximum absolute atomic E-state index is 6.51. The Kier molecular flexibility index (Phi) is 3.81. The lowest BCUT2D eigenvalue weighted by atomic mass is 10.1. The standard InChI is InChI=1S/C13H16BrClO/c1-3-16-12-5-4-9(14)7-11(12)13(15)10-6-8(10)2/h4-5,7-8,10,13H,3,6H2,1-2H3. The smallest absolute Gasteiger partial charge is 0.124 e. The first-order valence-corrected chi connectivity index (χ1v) is 6.92. The predicted molar refractivity (Wildman–Crippen MR) is 71.2 cm³/mol. The Morgan fingerprint density at radius 2 is 2.25 bits per heavy atom. The van der Waals surface area contributed by atoms with E-state index in [0.717, 1.165) is 21.7 Å². The normalized spacial score (nSPS) is 25.2. The molecule has 1 nitrogen and oxygen atoms in total. The summed E-state index contributed by atoms with van der Waals surface area (Å²) in [5, 5.41) is 0.0778. The van der Waals surface area contributed by atoms with Crippen molar-refractivity contribution in [2.45, 2.75) is 25.6 Å². The molecule has 0 amide bonds. The minimum absolute atomic E-state index is 0.0778. The Balaban J connectivity index is 2.25. The quantitative estimate of drug-likeness (QED) is 0.727. The van der Waals surface area contributed by atoms with Gasteiger partial charge in [0.05, 0.1) is 12.0 Å². The van der Waals surface area contributed by atoms with Crippen LogP contribution in [-0.2, 0) is 0 Å². The molecule has 3 heteroatoms. The van der Waals surface area contributed by atoms with Crippen LogP contribution in [0.1, 0.15) is 31.2 Å². The van der Waals surface area contributed by atoms with Gasteiger partial charge in [-0.3, -0.25) is 0 Å². The minimum atomic E-state index is 0.0778. The zero-order valence-electron chi connectivity index (χ0n) is 9.54. The monoisotopic (exact) mass is 302 g/mol. The first-order valence-electron chi connectivity index (χ1n) is 5.69. The molecule has 1 fully saturated rings. The van der Waals surface area contributed by atoms with Gasteiger partial charge in [0.15, 0.2) is 0 Å². The Hall–Kier alpha value is -0.210. The number of rotatable bonds is 4. The van der Waals surface area contributed by atoms with E-state index in [1.807, 2.05) is 19.1 Å². The fraction of sp³-hybridized carbons (Fsp3) is 0.538. The van der Waals surface area contributed by atoms with E-state index in [1.165, 1.54) is 6.42 Å². The zero-order valence-corrected chi connectivity index (χ0v) is 11.9. The molecule has 0 heterocycles. The molecule has 16 heavy (non-hydrogen) atoms. The van der Waals surface area contributed by atoms with Gasteiger partial charge < -0.3 is 4.74 Å². The second-order valence-electron chi connectivity index (χ2n) is 4.39. The second-order valence-corrected chi connectivity index (χ2v) is 5.78. The molecular weight excluding hydrogens is 287 g/mol. The summed E-state index contributed by atoms with van der Waals surface area (Å²) in [5.41, 5.74) is 1.12. The van der Waals surface area contributed by atoms with Crippen molar-refractivity contribution in [1.29, 1.82) is 0 Å². The molecule has 3 atom stereocenters. The summed E-state index contributed by atoms with van der Waals surface area (Å²) in [6, 6.07) is 6.06. The maximum atomic E-state index is 6.51. The van der Waals surface area contributed by atoms with Gasteiger partial charge in [-0.15, -0.1) is 11.6 Å². The van der Waals surface area contributed by atoms with Gasteiger partial charge in [-0.05, 0) is 43.4 Å². The summed E-state index contributed by atoms with van der Waals surface area (Å²) >= 11 is 10.00. The molecule has 0 spiro atoms. The molecule has 1 aromatic rings. The van der Waals surface area contributed by atoms with Crippen molar-refractivity contribution in [3.05, 3.63) is 28.2 Å². The summed E-state index contributed by atoms with van der Waals surface area (Å²) < 4.78 is 6.68. The number of hydrogen-bond donors (Lipinski definition) is 0. The lowest BCUT2D eigenvalue weighted by Crippen LogP contribution is -2.01. The van der Waals surface area contributed by atoms with Crippen molar-refractivity contribution in [3.8, 4) is 5.75 Å². The van der Waals surface area contributed by atoms with Gasteiger partial charge in [0.2, 0.25) is 0 Å². The highest BCUT2D eigenvalue weighted by atomic mass is 79.9. The molecule has 1 aliphatic rings. The van der Waals surface area contributed by atoms with E-state index < -0.39 is 0 Å². The topological polar surface area (TPSA) is 9.23 Å². The zero-order chi connectivity index (χ0) is 11.7. The SMILES string of the molecule is CCOc1ccc(Br)cc1C(Cl)C1CC1C. The summed E-state index contributed by atoms with van der Waals surface area (Å²) in [6.45, 7) is 4.92. The fourth-order valence-electron chi connectivity index (χ4n) is 2.01. The molecule has 1 aliphatic carbocycles. The van der Waals surface area contributed by atoms with E-state index >= 15 is 0 Å². The highest BCUT2D eigenvalue weighted by molar-refractivity contribution is 9.10. The van der Waals surface area contributed by atoms with Crippen molar-refractivity contribution in [2.24, 2.45) is 11.8 Å². The number of hydrogen-bond acceptors (Lipinski definition) is 1. The van der Waals surface area contributed by atoms with Gasteiger partial charge in [-0.1, -0.05) is 22.9 Å². The molecule has 0 N–H and O–H groups in total. The third-order valence-corrected chi connectivity index (χ3v) is 4.17. The summed E-state index contributed by atoms with van der Waals surface area (Å²) in [7, 11) is 0. The number of ether oxygens (including phenoxy) is 1. The van der Waals surface area contributed by atoms with Crippen molar-refractivity contribution in [3.63, 3.8) is 0 Å². The van der Waals surface area contributed by atoms with E-state index in [-0.39, 0.29) is 5.38 Å². The van der Waals surface area contributed by atoms with Crippen molar-refractivity contribution in [1.82, 2.24) is 0 Å². The highest BCUT2D eigenvalue weighted by Crippen LogP contribution is 2.52. The average Bonchev–Trinajstić information content (AvgIpc) is 2.97. The summed E-state index contributed by atoms with van der Waals surface area (Å²) in [5.74, 6) is 2.27. The van der Waals surface area contributed by atoms with Crippen LogP contribution < -0.4 is 4.74 Å². The van der Waals surface area contributed by atoms with Crippen LogP contribution in [0.4, 0.5) is 0 Å². The predicted octanol–water partition coefficient (Wildman–Crippen LogP) is 4.78. The first kappa shape index (κ1) is 12.3. The highest BCUT2D eigenvalue weighted by Gasteiger charge is 2.40. The Bertz CT molecular complexity index is 380. The van der Waals surface area contributed by atoms with E-state index in [9.17, 15) is 0 Å². The molecule has 1 saturated carbocycles. The van der Waals surface area contributed by atoms with Gasteiger partial charge >= 0.3 is 0 Å². The van der Waals surface area contributed by atoms with Crippen LogP contribution in [0, 0.1) is 11.8 Å². The molecule has 88 valence electrons. The molecule has 0 aliphatic heterocycles. The van der Waals surface area contributed by atoms with Crippen LogP contribution in [0.3, 0.4) is 0 Å². The van der Waals surface area contributed by atoms with Crippen molar-refractivity contribution < 1.29 is 4.74 Å². The minimum Gasteiger partial charge on any atom is -0.494 e. The van der Waals surface area contributed by atoms with E-state index in [1.54, 1.807) is 0 Å². The van der Waals surface area contributed by atoms with Gasteiger partial charge in [-0.2, -0.15) is 0 Å². The third kappa shape index (κ3) is 2.54. The number of benzene rings is 1. The summed E-state index contributed by atoms with van der Waals surface area (Å²) in [4.78, 5) is 0. The van der Waals surface area contributed by atoms with Crippen LogP contribution in [0.2, 0.25) is 0 Å². The van der Waals surface area contributed by atoms with Crippen LogP contribution in [0.5, 0.6) is 5.75 Å².